The molecule has 2 N–H and O–H groups in total. The van der Waals surface area contributed by atoms with E-state index in [1.807, 2.05) is 6.07 Å². The Balaban J connectivity index is 2.31. The van der Waals surface area contributed by atoms with E-state index in [4.69, 9.17) is 19.4 Å². The van der Waals surface area contributed by atoms with Gasteiger partial charge >= 0.3 is 0 Å². The lowest BCUT2D eigenvalue weighted by atomic mass is 10.1. The van der Waals surface area contributed by atoms with E-state index in [0.29, 0.717) is 22.8 Å². The summed E-state index contributed by atoms with van der Waals surface area (Å²) >= 11 is 0. The van der Waals surface area contributed by atoms with Gasteiger partial charge in [0, 0.05) is 11.1 Å². The zero-order valence-electron chi connectivity index (χ0n) is 14.6. The minimum atomic E-state index is -0.496. The van der Waals surface area contributed by atoms with Crippen molar-refractivity contribution in [2.24, 2.45) is 10.3 Å². The van der Waals surface area contributed by atoms with Gasteiger partial charge in [-0.1, -0.05) is 35.5 Å². The molecule has 26 heavy (non-hydrogen) atoms. The summed E-state index contributed by atoms with van der Waals surface area (Å²) in [4.78, 5) is 12.4. The van der Waals surface area contributed by atoms with Crippen LogP contribution in [0.25, 0.3) is 0 Å². The number of nitrogens with zero attached hydrogens (tertiary/aromatic N) is 2. The van der Waals surface area contributed by atoms with Crippen LogP contribution in [0.1, 0.15) is 15.9 Å². The molecule has 0 unspecified atom stereocenters. The molecule has 0 aliphatic carbocycles. The predicted octanol–water partition coefficient (Wildman–Crippen LogP) is 2.31. The maximum Gasteiger partial charge on any atom is 0.271 e. The molecular formula is C18H19N3O5. The van der Waals surface area contributed by atoms with E-state index >= 15 is 0 Å². The van der Waals surface area contributed by atoms with Crippen LogP contribution in [0.5, 0.6) is 17.2 Å². The Morgan fingerprint density at radius 3 is 2.12 bits per heavy atom. The van der Waals surface area contributed by atoms with Gasteiger partial charge < -0.3 is 19.4 Å². The van der Waals surface area contributed by atoms with Crippen LogP contribution in [0.3, 0.4) is 0 Å². The smallest absolute Gasteiger partial charge is 0.271 e. The van der Waals surface area contributed by atoms with E-state index < -0.39 is 5.91 Å². The molecule has 2 aromatic carbocycles. The van der Waals surface area contributed by atoms with Crippen LogP contribution in [0, 0.1) is 0 Å². The Morgan fingerprint density at radius 1 is 1.00 bits per heavy atom. The first kappa shape index (κ1) is 18.8. The number of oxime groups is 1. The zero-order valence-corrected chi connectivity index (χ0v) is 14.6. The molecule has 0 fully saturated rings. The number of carbonyl (C=O) groups is 1. The van der Waals surface area contributed by atoms with Gasteiger partial charge in [-0.15, -0.1) is 0 Å². The number of nitrogens with one attached hydrogen (secondary N) is 1. The second-order valence-electron chi connectivity index (χ2n) is 4.96. The lowest BCUT2D eigenvalue weighted by molar-refractivity contribution is 0.0954. The maximum absolute atomic E-state index is 12.4. The Morgan fingerprint density at radius 2 is 1.62 bits per heavy atom. The monoisotopic (exact) mass is 357 g/mol. The van der Waals surface area contributed by atoms with E-state index in [1.165, 1.54) is 33.5 Å². The minimum Gasteiger partial charge on any atom is -0.493 e. The van der Waals surface area contributed by atoms with Crippen molar-refractivity contribution in [3.63, 3.8) is 0 Å². The van der Waals surface area contributed by atoms with Crippen LogP contribution in [-0.2, 0) is 0 Å². The van der Waals surface area contributed by atoms with Gasteiger partial charge in [-0.05, 0) is 12.1 Å². The van der Waals surface area contributed by atoms with Crippen molar-refractivity contribution in [3.05, 3.63) is 53.6 Å². The molecule has 0 saturated heterocycles. The molecule has 0 saturated carbocycles. The normalized spacial score (nSPS) is 11.3. The predicted molar refractivity (Wildman–Crippen MR) is 96.8 cm³/mol. The summed E-state index contributed by atoms with van der Waals surface area (Å²) < 4.78 is 15.7. The van der Waals surface area contributed by atoms with E-state index in [1.54, 1.807) is 24.3 Å². The molecule has 0 aliphatic heterocycles. The number of rotatable bonds is 7. The van der Waals surface area contributed by atoms with Gasteiger partial charge in [0.2, 0.25) is 5.75 Å². The van der Waals surface area contributed by atoms with Crippen molar-refractivity contribution in [2.75, 3.05) is 21.3 Å². The summed E-state index contributed by atoms with van der Waals surface area (Å²) in [6, 6.07) is 12.0. The molecule has 8 nitrogen and oxygen atoms in total. The van der Waals surface area contributed by atoms with Crippen molar-refractivity contribution in [1.82, 2.24) is 5.43 Å². The van der Waals surface area contributed by atoms with Crippen molar-refractivity contribution in [2.45, 2.75) is 0 Å². The third-order valence-electron chi connectivity index (χ3n) is 3.45. The molecule has 136 valence electrons. The minimum absolute atomic E-state index is 0.261. The standard InChI is InChI=1S/C18H19N3O5/c1-24-15-9-13(10-16(25-2)17(15)26-3)18(22)21-20-14(11-19-23)12-7-5-4-6-8-12/h4-11,23H,1-3H3,(H,21,22)/b19-11+,20-14+. The maximum atomic E-state index is 12.4. The first-order valence-electron chi connectivity index (χ1n) is 7.55. The van der Waals surface area contributed by atoms with E-state index in [9.17, 15) is 4.79 Å². The summed E-state index contributed by atoms with van der Waals surface area (Å²) in [5.74, 6) is 0.582. The summed E-state index contributed by atoms with van der Waals surface area (Å²) in [5, 5.41) is 15.8. The average molecular weight is 357 g/mol. The van der Waals surface area contributed by atoms with Gasteiger partial charge in [0.1, 0.15) is 5.71 Å². The first-order chi connectivity index (χ1) is 12.6. The van der Waals surface area contributed by atoms with Gasteiger partial charge in [0.15, 0.2) is 11.5 Å². The van der Waals surface area contributed by atoms with Crippen LogP contribution < -0.4 is 19.6 Å². The SMILES string of the molecule is COc1cc(C(=O)N/N=C(\C=N\O)c2ccccc2)cc(OC)c1OC. The summed E-state index contributed by atoms with van der Waals surface area (Å²) in [6.45, 7) is 0. The van der Waals surface area contributed by atoms with Gasteiger partial charge in [-0.2, -0.15) is 5.10 Å². The second-order valence-corrected chi connectivity index (χ2v) is 4.96. The highest BCUT2D eigenvalue weighted by molar-refractivity contribution is 6.38. The number of hydrogen-bond donors (Lipinski definition) is 2. The number of methoxy groups -OCH3 is 3. The van der Waals surface area contributed by atoms with E-state index in [2.05, 4.69) is 15.7 Å². The molecule has 0 heterocycles. The second kappa shape index (κ2) is 9.07. The average Bonchev–Trinajstić information content (AvgIpc) is 2.70. The molecule has 0 atom stereocenters. The Hall–Kier alpha value is -3.55. The van der Waals surface area contributed by atoms with Gasteiger partial charge in [-0.25, -0.2) is 5.43 Å². The highest BCUT2D eigenvalue weighted by Crippen LogP contribution is 2.38. The third-order valence-corrected chi connectivity index (χ3v) is 3.45. The molecule has 8 heteroatoms. The summed E-state index contributed by atoms with van der Waals surface area (Å²) in [6.07, 6.45) is 1.13. The number of hydrazone groups is 1. The lowest BCUT2D eigenvalue weighted by Crippen LogP contribution is -2.21. The molecule has 0 bridgehead atoms. The van der Waals surface area contributed by atoms with E-state index in [-0.39, 0.29) is 11.3 Å². The summed E-state index contributed by atoms with van der Waals surface area (Å²) in [7, 11) is 4.40. The van der Waals surface area contributed by atoms with Crippen LogP contribution in [0.2, 0.25) is 0 Å². The molecule has 0 aliphatic rings. The fraction of sp³-hybridized carbons (Fsp3) is 0.167. The highest BCUT2D eigenvalue weighted by Gasteiger charge is 2.17. The number of carbonyl (C=O) groups excluding carboxylic acids is 1. The Kier molecular flexibility index (Phi) is 6.55. The molecule has 0 radical (unpaired) electrons. The third kappa shape index (κ3) is 4.29. The summed E-state index contributed by atoms with van der Waals surface area (Å²) in [5.41, 5.74) is 3.64. The van der Waals surface area contributed by atoms with Crippen molar-refractivity contribution >= 4 is 17.8 Å². The Bertz CT molecular complexity index is 794. The van der Waals surface area contributed by atoms with Crippen molar-refractivity contribution in [3.8, 4) is 17.2 Å². The van der Waals surface area contributed by atoms with Crippen LogP contribution in [0.4, 0.5) is 0 Å². The molecule has 2 rings (SSSR count). The van der Waals surface area contributed by atoms with Gasteiger partial charge in [0.25, 0.3) is 5.91 Å². The first-order valence-corrected chi connectivity index (χ1v) is 7.55. The fourth-order valence-corrected chi connectivity index (χ4v) is 2.22. The molecule has 0 aromatic heterocycles. The number of amides is 1. The number of ether oxygens (including phenoxy) is 3. The Labute approximate surface area is 150 Å². The zero-order chi connectivity index (χ0) is 18.9. The van der Waals surface area contributed by atoms with Gasteiger partial charge in [0.05, 0.1) is 27.5 Å². The molecular weight excluding hydrogens is 338 g/mol. The fourth-order valence-electron chi connectivity index (χ4n) is 2.22. The topological polar surface area (TPSA) is 102 Å². The van der Waals surface area contributed by atoms with Gasteiger partial charge in [-0.3, -0.25) is 4.79 Å². The van der Waals surface area contributed by atoms with Crippen LogP contribution >= 0.6 is 0 Å². The van der Waals surface area contributed by atoms with E-state index in [0.717, 1.165) is 6.21 Å². The van der Waals surface area contributed by atoms with Crippen molar-refractivity contribution < 1.29 is 24.2 Å². The largest absolute Gasteiger partial charge is 0.493 e. The van der Waals surface area contributed by atoms with Crippen LogP contribution in [-0.4, -0.2) is 44.4 Å². The molecule has 0 spiro atoms. The molecule has 2 aromatic rings. The number of hydrogen-bond acceptors (Lipinski definition) is 7. The number of benzene rings is 2. The lowest BCUT2D eigenvalue weighted by Gasteiger charge is -2.13. The van der Waals surface area contributed by atoms with Crippen molar-refractivity contribution in [1.29, 1.82) is 0 Å². The van der Waals surface area contributed by atoms with Crippen LogP contribution in [0.15, 0.2) is 52.7 Å². The highest BCUT2D eigenvalue weighted by atomic mass is 16.5. The quantitative estimate of drug-likeness (QED) is 0.450. The molecule has 1 amide bonds.